The molecule has 6 heteroatoms. The second-order valence-electron chi connectivity index (χ2n) is 4.85. The molecule has 21 heavy (non-hydrogen) atoms. The quantitative estimate of drug-likeness (QED) is 0.692. The van der Waals surface area contributed by atoms with Gasteiger partial charge in [0.2, 0.25) is 5.91 Å². The average molecular weight is 286 g/mol. The van der Waals surface area contributed by atoms with Crippen LogP contribution in [-0.2, 0) is 4.79 Å². The Labute approximate surface area is 122 Å². The number of amides is 2. The van der Waals surface area contributed by atoms with Crippen molar-refractivity contribution in [1.82, 2.24) is 10.3 Å². The Morgan fingerprint density at radius 1 is 1.29 bits per heavy atom. The van der Waals surface area contributed by atoms with Crippen LogP contribution in [0, 0.1) is 0 Å². The van der Waals surface area contributed by atoms with Crippen LogP contribution in [0.2, 0.25) is 0 Å². The third kappa shape index (κ3) is 3.85. The molecule has 1 atom stereocenters. The number of nitrogens with two attached hydrogens (primary N) is 1. The first-order valence-corrected chi connectivity index (χ1v) is 6.58. The predicted octanol–water partition coefficient (Wildman–Crippen LogP) is 2.05. The molecule has 0 aliphatic carbocycles. The minimum atomic E-state index is -0.232. The highest BCUT2D eigenvalue weighted by molar-refractivity contribution is 5.93. The lowest BCUT2D eigenvalue weighted by molar-refractivity contribution is -0.114. The summed E-state index contributed by atoms with van der Waals surface area (Å²) in [6, 6.07) is 8.72. The van der Waals surface area contributed by atoms with E-state index in [1.165, 1.54) is 6.92 Å². The molecular weight excluding hydrogens is 268 g/mol. The van der Waals surface area contributed by atoms with Crippen LogP contribution in [0.25, 0.3) is 0 Å². The molecule has 5 N–H and O–H groups in total. The summed E-state index contributed by atoms with van der Waals surface area (Å²) in [5.41, 5.74) is 8.10. The summed E-state index contributed by atoms with van der Waals surface area (Å²) in [5.74, 6) is -0.366. The number of carbonyl (C=O) groups excluding carboxylic acids is 2. The molecule has 0 fully saturated rings. The number of rotatable bonds is 4. The van der Waals surface area contributed by atoms with Crippen molar-refractivity contribution in [3.05, 3.63) is 47.8 Å². The molecule has 0 spiro atoms. The topological polar surface area (TPSA) is 100 Å². The molecule has 1 unspecified atom stereocenters. The van der Waals surface area contributed by atoms with E-state index in [4.69, 9.17) is 5.73 Å². The summed E-state index contributed by atoms with van der Waals surface area (Å²) in [6.07, 6.45) is 1.57. The van der Waals surface area contributed by atoms with E-state index in [-0.39, 0.29) is 17.9 Å². The first kappa shape index (κ1) is 14.6. The maximum atomic E-state index is 12.0. The molecule has 110 valence electrons. The van der Waals surface area contributed by atoms with E-state index >= 15 is 0 Å². The monoisotopic (exact) mass is 286 g/mol. The summed E-state index contributed by atoms with van der Waals surface area (Å²) < 4.78 is 0. The molecule has 0 saturated heterocycles. The van der Waals surface area contributed by atoms with E-state index in [1.807, 2.05) is 25.1 Å². The summed E-state index contributed by atoms with van der Waals surface area (Å²) in [6.45, 7) is 3.32. The highest BCUT2D eigenvalue weighted by atomic mass is 16.2. The van der Waals surface area contributed by atoms with Crippen molar-refractivity contribution in [2.75, 3.05) is 11.1 Å². The van der Waals surface area contributed by atoms with Gasteiger partial charge in [-0.25, -0.2) is 0 Å². The maximum Gasteiger partial charge on any atom is 0.268 e. The van der Waals surface area contributed by atoms with Gasteiger partial charge in [-0.15, -0.1) is 0 Å². The number of H-pyrrole nitrogens is 1. The van der Waals surface area contributed by atoms with E-state index in [0.717, 1.165) is 5.56 Å². The second kappa shape index (κ2) is 6.13. The zero-order valence-corrected chi connectivity index (χ0v) is 11.9. The van der Waals surface area contributed by atoms with Crippen molar-refractivity contribution in [1.29, 1.82) is 0 Å². The number of aromatic nitrogens is 1. The smallest absolute Gasteiger partial charge is 0.268 e. The standard InChI is InChI=1S/C15H18N4O2/c1-9(18-15(21)14-7-12(16)8-17-14)11-4-3-5-13(6-11)19-10(2)20/h3-9,17H,16H2,1-2H3,(H,18,21)(H,19,20). The van der Waals surface area contributed by atoms with Gasteiger partial charge < -0.3 is 21.4 Å². The fourth-order valence-corrected chi connectivity index (χ4v) is 1.99. The Balaban J connectivity index is 2.07. The van der Waals surface area contributed by atoms with Crippen LogP contribution < -0.4 is 16.4 Å². The Bertz CT molecular complexity index is 663. The van der Waals surface area contributed by atoms with E-state index in [2.05, 4.69) is 15.6 Å². The van der Waals surface area contributed by atoms with Gasteiger partial charge in [-0.3, -0.25) is 9.59 Å². The number of aromatic amines is 1. The molecule has 0 aliphatic rings. The molecule has 1 heterocycles. The molecule has 0 aliphatic heterocycles. The zero-order chi connectivity index (χ0) is 15.4. The Hall–Kier alpha value is -2.76. The number of hydrogen-bond donors (Lipinski definition) is 4. The molecule has 0 saturated carbocycles. The molecule has 6 nitrogen and oxygen atoms in total. The molecule has 1 aromatic heterocycles. The summed E-state index contributed by atoms with van der Waals surface area (Å²) in [5, 5.41) is 5.58. The molecule has 1 aromatic carbocycles. The van der Waals surface area contributed by atoms with E-state index < -0.39 is 0 Å². The molecule has 2 amide bonds. The summed E-state index contributed by atoms with van der Waals surface area (Å²) >= 11 is 0. The van der Waals surface area contributed by atoms with Gasteiger partial charge in [-0.05, 0) is 30.7 Å². The van der Waals surface area contributed by atoms with Crippen LogP contribution in [0.1, 0.15) is 35.9 Å². The first-order chi connectivity index (χ1) is 9.95. The number of nitrogen functional groups attached to an aromatic ring is 1. The van der Waals surface area contributed by atoms with Gasteiger partial charge in [0.1, 0.15) is 5.69 Å². The molecule has 0 radical (unpaired) electrons. The maximum absolute atomic E-state index is 12.0. The van der Waals surface area contributed by atoms with Crippen molar-refractivity contribution in [2.24, 2.45) is 0 Å². The lowest BCUT2D eigenvalue weighted by atomic mass is 10.1. The fraction of sp³-hybridized carbons (Fsp3) is 0.200. The fourth-order valence-electron chi connectivity index (χ4n) is 1.99. The lowest BCUT2D eigenvalue weighted by Gasteiger charge is -2.15. The van der Waals surface area contributed by atoms with Gasteiger partial charge in [0.25, 0.3) is 5.91 Å². The third-order valence-electron chi connectivity index (χ3n) is 3.00. The van der Waals surface area contributed by atoms with E-state index in [1.54, 1.807) is 18.3 Å². The summed E-state index contributed by atoms with van der Waals surface area (Å²) in [4.78, 5) is 25.9. The van der Waals surface area contributed by atoms with E-state index in [9.17, 15) is 9.59 Å². The summed E-state index contributed by atoms with van der Waals surface area (Å²) in [7, 11) is 0. The van der Waals surface area contributed by atoms with Crippen LogP contribution in [0.4, 0.5) is 11.4 Å². The van der Waals surface area contributed by atoms with Crippen molar-refractivity contribution >= 4 is 23.2 Å². The van der Waals surface area contributed by atoms with Gasteiger partial charge in [0.15, 0.2) is 0 Å². The highest BCUT2D eigenvalue weighted by Crippen LogP contribution is 2.18. The van der Waals surface area contributed by atoms with Crippen molar-refractivity contribution in [3.63, 3.8) is 0 Å². The minimum absolute atomic E-state index is 0.134. The number of anilines is 2. The van der Waals surface area contributed by atoms with Gasteiger partial charge in [-0.1, -0.05) is 12.1 Å². The van der Waals surface area contributed by atoms with Crippen LogP contribution in [0.3, 0.4) is 0 Å². The molecule has 2 aromatic rings. The molecule has 0 bridgehead atoms. The number of carbonyl (C=O) groups is 2. The largest absolute Gasteiger partial charge is 0.397 e. The predicted molar refractivity (Wildman–Crippen MR) is 81.8 cm³/mol. The van der Waals surface area contributed by atoms with E-state index in [0.29, 0.717) is 17.1 Å². The number of benzene rings is 1. The minimum Gasteiger partial charge on any atom is -0.397 e. The molecule has 2 rings (SSSR count). The Morgan fingerprint density at radius 2 is 2.05 bits per heavy atom. The van der Waals surface area contributed by atoms with Crippen LogP contribution in [0.15, 0.2) is 36.5 Å². The third-order valence-corrected chi connectivity index (χ3v) is 3.00. The van der Waals surface area contributed by atoms with Crippen LogP contribution >= 0.6 is 0 Å². The van der Waals surface area contributed by atoms with Gasteiger partial charge in [-0.2, -0.15) is 0 Å². The Morgan fingerprint density at radius 3 is 2.67 bits per heavy atom. The van der Waals surface area contributed by atoms with Gasteiger partial charge in [0.05, 0.1) is 6.04 Å². The average Bonchev–Trinajstić information content (AvgIpc) is 2.85. The normalized spacial score (nSPS) is 11.7. The first-order valence-electron chi connectivity index (χ1n) is 6.58. The highest BCUT2D eigenvalue weighted by Gasteiger charge is 2.13. The van der Waals surface area contributed by atoms with Crippen molar-refractivity contribution < 1.29 is 9.59 Å². The number of nitrogens with one attached hydrogen (secondary N) is 3. The Kier molecular flexibility index (Phi) is 4.27. The molecular formula is C15H18N4O2. The SMILES string of the molecule is CC(=O)Nc1cccc(C(C)NC(=O)c2cc(N)c[nH]2)c1. The van der Waals surface area contributed by atoms with Crippen LogP contribution in [0.5, 0.6) is 0 Å². The van der Waals surface area contributed by atoms with Gasteiger partial charge in [0, 0.05) is 24.5 Å². The van der Waals surface area contributed by atoms with Crippen LogP contribution in [-0.4, -0.2) is 16.8 Å². The number of hydrogen-bond acceptors (Lipinski definition) is 3. The zero-order valence-electron chi connectivity index (χ0n) is 11.9. The van der Waals surface area contributed by atoms with Crippen molar-refractivity contribution in [3.8, 4) is 0 Å². The second-order valence-corrected chi connectivity index (χ2v) is 4.85. The van der Waals surface area contributed by atoms with Crippen molar-refractivity contribution in [2.45, 2.75) is 19.9 Å². The van der Waals surface area contributed by atoms with Gasteiger partial charge >= 0.3 is 0 Å². The lowest BCUT2D eigenvalue weighted by Crippen LogP contribution is -2.27.